The van der Waals surface area contributed by atoms with Crippen molar-refractivity contribution in [2.75, 3.05) is 13.7 Å². The molecule has 0 aliphatic carbocycles. The molecule has 0 saturated heterocycles. The van der Waals surface area contributed by atoms with Gasteiger partial charge in [-0.3, -0.25) is 0 Å². The Morgan fingerprint density at radius 2 is 2.23 bits per heavy atom. The normalized spacial score (nSPS) is 8.77. The summed E-state index contributed by atoms with van der Waals surface area (Å²) in [5.41, 5.74) is 6.51. The second-order valence-corrected chi connectivity index (χ2v) is 2.28. The Hall–Kier alpha value is -0.290. The molecule has 0 bridgehead atoms. The molecule has 1 aromatic heterocycles. The van der Waals surface area contributed by atoms with E-state index in [0.29, 0.717) is 13.2 Å². The standard InChI is InChI=1S/C7H13N3O.2ClH/c1-11-3-2-10-6-9-5-7(10)4-8;;/h5-6H,2-4,8H2,1H3;2*1H. The van der Waals surface area contributed by atoms with Crippen LogP contribution in [0, 0.1) is 0 Å². The lowest BCUT2D eigenvalue weighted by atomic mass is 10.4. The van der Waals surface area contributed by atoms with Gasteiger partial charge in [-0.15, -0.1) is 24.8 Å². The van der Waals surface area contributed by atoms with Gasteiger partial charge in [0, 0.05) is 26.4 Å². The van der Waals surface area contributed by atoms with E-state index in [1.54, 1.807) is 19.6 Å². The van der Waals surface area contributed by atoms with Gasteiger partial charge in [0.25, 0.3) is 0 Å². The zero-order chi connectivity index (χ0) is 8.10. The predicted molar refractivity (Wildman–Crippen MR) is 56.5 cm³/mol. The molecule has 0 aliphatic heterocycles. The fourth-order valence-corrected chi connectivity index (χ4v) is 0.909. The maximum Gasteiger partial charge on any atom is 0.0949 e. The lowest BCUT2D eigenvalue weighted by molar-refractivity contribution is 0.186. The van der Waals surface area contributed by atoms with Gasteiger partial charge in [-0.1, -0.05) is 0 Å². The third-order valence-corrected chi connectivity index (χ3v) is 1.54. The molecular formula is C7H15Cl2N3O. The minimum Gasteiger partial charge on any atom is -0.383 e. The van der Waals surface area contributed by atoms with Crippen molar-refractivity contribution < 1.29 is 4.74 Å². The highest BCUT2D eigenvalue weighted by Crippen LogP contribution is 1.96. The van der Waals surface area contributed by atoms with Crippen LogP contribution in [-0.4, -0.2) is 23.3 Å². The van der Waals surface area contributed by atoms with Crippen molar-refractivity contribution in [1.29, 1.82) is 0 Å². The molecule has 4 nitrogen and oxygen atoms in total. The number of halogens is 2. The van der Waals surface area contributed by atoms with E-state index in [2.05, 4.69) is 4.98 Å². The summed E-state index contributed by atoms with van der Waals surface area (Å²) in [6.07, 6.45) is 3.54. The number of aromatic nitrogens is 2. The van der Waals surface area contributed by atoms with Gasteiger partial charge in [0.1, 0.15) is 0 Å². The van der Waals surface area contributed by atoms with Crippen molar-refractivity contribution in [1.82, 2.24) is 9.55 Å². The largest absolute Gasteiger partial charge is 0.383 e. The fourth-order valence-electron chi connectivity index (χ4n) is 0.909. The number of methoxy groups -OCH3 is 1. The Labute approximate surface area is 90.3 Å². The van der Waals surface area contributed by atoms with Crippen molar-refractivity contribution in [2.24, 2.45) is 5.73 Å². The molecule has 0 spiro atoms. The lowest BCUT2D eigenvalue weighted by Crippen LogP contribution is -2.09. The van der Waals surface area contributed by atoms with Crippen LogP contribution in [-0.2, 0) is 17.8 Å². The van der Waals surface area contributed by atoms with Gasteiger partial charge in [-0.05, 0) is 0 Å². The fraction of sp³-hybridized carbons (Fsp3) is 0.571. The molecule has 0 fully saturated rings. The Balaban J connectivity index is 0. The molecule has 0 radical (unpaired) electrons. The van der Waals surface area contributed by atoms with E-state index >= 15 is 0 Å². The first-order valence-electron chi connectivity index (χ1n) is 3.56. The zero-order valence-electron chi connectivity index (χ0n) is 7.47. The van der Waals surface area contributed by atoms with Crippen LogP contribution in [0.4, 0.5) is 0 Å². The highest BCUT2D eigenvalue weighted by Gasteiger charge is 1.97. The molecule has 1 aromatic rings. The van der Waals surface area contributed by atoms with Crippen LogP contribution in [0.25, 0.3) is 0 Å². The van der Waals surface area contributed by atoms with Gasteiger partial charge in [0.05, 0.1) is 18.6 Å². The van der Waals surface area contributed by atoms with Gasteiger partial charge >= 0.3 is 0 Å². The molecule has 78 valence electrons. The topological polar surface area (TPSA) is 53.1 Å². The Morgan fingerprint density at radius 1 is 1.54 bits per heavy atom. The van der Waals surface area contributed by atoms with E-state index in [1.807, 2.05) is 4.57 Å². The first kappa shape index (κ1) is 15.2. The van der Waals surface area contributed by atoms with E-state index in [1.165, 1.54) is 0 Å². The molecule has 1 rings (SSSR count). The summed E-state index contributed by atoms with van der Waals surface area (Å²) >= 11 is 0. The number of nitrogens with zero attached hydrogens (tertiary/aromatic N) is 2. The minimum absolute atomic E-state index is 0. The molecule has 0 amide bonds. The summed E-state index contributed by atoms with van der Waals surface area (Å²) in [6, 6.07) is 0. The van der Waals surface area contributed by atoms with Gasteiger partial charge in [-0.2, -0.15) is 0 Å². The van der Waals surface area contributed by atoms with Crippen LogP contribution in [0.3, 0.4) is 0 Å². The third-order valence-electron chi connectivity index (χ3n) is 1.54. The first-order chi connectivity index (χ1) is 5.38. The third kappa shape index (κ3) is 4.47. The second-order valence-electron chi connectivity index (χ2n) is 2.28. The van der Waals surface area contributed by atoms with Crippen molar-refractivity contribution in [3.63, 3.8) is 0 Å². The first-order valence-corrected chi connectivity index (χ1v) is 3.56. The van der Waals surface area contributed by atoms with Crippen molar-refractivity contribution >= 4 is 24.8 Å². The van der Waals surface area contributed by atoms with Gasteiger partial charge < -0.3 is 15.0 Å². The predicted octanol–water partition coefficient (Wildman–Crippen LogP) is 0.832. The molecule has 2 N–H and O–H groups in total. The number of hydrogen-bond acceptors (Lipinski definition) is 3. The van der Waals surface area contributed by atoms with Gasteiger partial charge in [0.15, 0.2) is 0 Å². The van der Waals surface area contributed by atoms with Crippen molar-refractivity contribution in [2.45, 2.75) is 13.1 Å². The summed E-state index contributed by atoms with van der Waals surface area (Å²) in [6.45, 7) is 2.05. The average molecular weight is 228 g/mol. The van der Waals surface area contributed by atoms with Crippen molar-refractivity contribution in [3.05, 3.63) is 18.2 Å². The zero-order valence-corrected chi connectivity index (χ0v) is 9.11. The minimum atomic E-state index is 0. The molecule has 0 atom stereocenters. The summed E-state index contributed by atoms with van der Waals surface area (Å²) < 4.78 is 6.91. The Kier molecular flexibility index (Phi) is 9.72. The van der Waals surface area contributed by atoms with Crippen LogP contribution in [0.15, 0.2) is 12.5 Å². The number of ether oxygens (including phenoxy) is 1. The van der Waals surface area contributed by atoms with Crippen LogP contribution < -0.4 is 5.73 Å². The number of rotatable bonds is 4. The summed E-state index contributed by atoms with van der Waals surface area (Å²) in [5.74, 6) is 0. The van der Waals surface area contributed by atoms with Gasteiger partial charge in [-0.25, -0.2) is 4.98 Å². The summed E-state index contributed by atoms with van der Waals surface area (Å²) in [5, 5.41) is 0. The van der Waals surface area contributed by atoms with Crippen LogP contribution in [0.2, 0.25) is 0 Å². The van der Waals surface area contributed by atoms with Crippen LogP contribution in [0.5, 0.6) is 0 Å². The second kappa shape index (κ2) is 8.31. The van der Waals surface area contributed by atoms with E-state index in [9.17, 15) is 0 Å². The molecule has 0 aliphatic rings. The van der Waals surface area contributed by atoms with Crippen molar-refractivity contribution in [3.8, 4) is 0 Å². The molecule has 13 heavy (non-hydrogen) atoms. The van der Waals surface area contributed by atoms with E-state index < -0.39 is 0 Å². The maximum absolute atomic E-state index is 5.47. The van der Waals surface area contributed by atoms with E-state index in [-0.39, 0.29) is 24.8 Å². The molecule has 6 heteroatoms. The van der Waals surface area contributed by atoms with Crippen LogP contribution >= 0.6 is 24.8 Å². The van der Waals surface area contributed by atoms with Crippen LogP contribution in [0.1, 0.15) is 5.69 Å². The Bertz CT molecular complexity index is 217. The quantitative estimate of drug-likeness (QED) is 0.830. The SMILES string of the molecule is COCCn1cncc1CN.Cl.Cl. The van der Waals surface area contributed by atoms with E-state index in [0.717, 1.165) is 12.2 Å². The highest BCUT2D eigenvalue weighted by atomic mass is 35.5. The number of nitrogens with two attached hydrogens (primary N) is 1. The monoisotopic (exact) mass is 227 g/mol. The van der Waals surface area contributed by atoms with Gasteiger partial charge in [0.2, 0.25) is 0 Å². The molecule has 1 heterocycles. The summed E-state index contributed by atoms with van der Waals surface area (Å²) in [7, 11) is 1.68. The Morgan fingerprint density at radius 3 is 2.77 bits per heavy atom. The van der Waals surface area contributed by atoms with E-state index in [4.69, 9.17) is 10.5 Å². The molecule has 0 saturated carbocycles. The lowest BCUT2D eigenvalue weighted by Gasteiger charge is -2.04. The highest BCUT2D eigenvalue weighted by molar-refractivity contribution is 5.85. The molecule has 0 unspecified atom stereocenters. The maximum atomic E-state index is 5.47. The smallest absolute Gasteiger partial charge is 0.0949 e. The average Bonchev–Trinajstić information content (AvgIpc) is 2.47. The number of hydrogen-bond donors (Lipinski definition) is 1. The number of imidazole rings is 1. The molecule has 0 aromatic carbocycles. The summed E-state index contributed by atoms with van der Waals surface area (Å²) in [4.78, 5) is 3.97. The molecular weight excluding hydrogens is 213 g/mol.